The van der Waals surface area contributed by atoms with E-state index < -0.39 is 17.8 Å². The zero-order valence-corrected chi connectivity index (χ0v) is 12.8. The molecule has 8 heteroatoms. The number of carboxylic acid groups (broad SMARTS) is 1. The molecule has 124 valence electrons. The van der Waals surface area contributed by atoms with Crippen LogP contribution in [0.3, 0.4) is 0 Å². The SMILES string of the molecule is CCCCNC(=O)c1cc(OC=O)c(C(=O)NC)cc1C(=O)O. The second-order valence-electron chi connectivity index (χ2n) is 4.60. The van der Waals surface area contributed by atoms with Crippen LogP contribution in [0.2, 0.25) is 0 Å². The van der Waals surface area contributed by atoms with Crippen LogP contribution < -0.4 is 15.4 Å². The van der Waals surface area contributed by atoms with E-state index in [9.17, 15) is 24.3 Å². The first-order valence-corrected chi connectivity index (χ1v) is 6.98. The Hall–Kier alpha value is -2.90. The summed E-state index contributed by atoms with van der Waals surface area (Å²) in [6, 6.07) is 2.08. The van der Waals surface area contributed by atoms with Gasteiger partial charge < -0.3 is 20.5 Å². The smallest absolute Gasteiger partial charge is 0.336 e. The Labute approximate surface area is 132 Å². The topological polar surface area (TPSA) is 122 Å². The molecule has 8 nitrogen and oxygen atoms in total. The summed E-state index contributed by atoms with van der Waals surface area (Å²) in [5, 5.41) is 14.2. The fourth-order valence-corrected chi connectivity index (χ4v) is 1.88. The molecule has 0 spiro atoms. The minimum Gasteiger partial charge on any atom is -0.478 e. The third-order valence-electron chi connectivity index (χ3n) is 3.06. The molecule has 0 aromatic heterocycles. The first-order valence-electron chi connectivity index (χ1n) is 6.98. The minimum atomic E-state index is -1.37. The number of aromatic carboxylic acids is 1. The van der Waals surface area contributed by atoms with Crippen LogP contribution in [0, 0.1) is 0 Å². The van der Waals surface area contributed by atoms with Gasteiger partial charge in [0, 0.05) is 13.6 Å². The zero-order valence-electron chi connectivity index (χ0n) is 12.8. The van der Waals surface area contributed by atoms with Gasteiger partial charge >= 0.3 is 5.97 Å². The lowest BCUT2D eigenvalue weighted by Gasteiger charge is -2.12. The van der Waals surface area contributed by atoms with E-state index in [2.05, 4.69) is 10.6 Å². The van der Waals surface area contributed by atoms with Gasteiger partial charge in [0.2, 0.25) is 0 Å². The molecule has 0 saturated carbocycles. The number of ether oxygens (including phenoxy) is 1. The normalized spacial score (nSPS) is 9.83. The number of unbranched alkanes of at least 4 members (excludes halogenated alkanes) is 1. The molecule has 3 N–H and O–H groups in total. The highest BCUT2D eigenvalue weighted by atomic mass is 16.5. The Morgan fingerprint density at radius 1 is 1.17 bits per heavy atom. The molecule has 0 unspecified atom stereocenters. The van der Waals surface area contributed by atoms with Crippen molar-refractivity contribution >= 4 is 24.3 Å². The van der Waals surface area contributed by atoms with Crippen molar-refractivity contribution in [2.24, 2.45) is 0 Å². The Morgan fingerprint density at radius 3 is 2.39 bits per heavy atom. The number of hydrogen-bond donors (Lipinski definition) is 3. The highest BCUT2D eigenvalue weighted by molar-refractivity contribution is 6.08. The summed E-state index contributed by atoms with van der Waals surface area (Å²) in [4.78, 5) is 45.9. The summed E-state index contributed by atoms with van der Waals surface area (Å²) in [5.74, 6) is -2.81. The molecule has 0 fully saturated rings. The predicted octanol–water partition coefficient (Wildman–Crippen LogP) is 0.809. The Balaban J connectivity index is 3.35. The van der Waals surface area contributed by atoms with Crippen LogP contribution in [0.5, 0.6) is 5.75 Å². The molecule has 1 aromatic rings. The lowest BCUT2D eigenvalue weighted by Crippen LogP contribution is -2.27. The van der Waals surface area contributed by atoms with Crippen molar-refractivity contribution in [3.8, 4) is 5.75 Å². The Bertz CT molecular complexity index is 627. The molecular formula is C15H18N2O6. The highest BCUT2D eigenvalue weighted by Crippen LogP contribution is 2.24. The van der Waals surface area contributed by atoms with Gasteiger partial charge in [-0.1, -0.05) is 13.3 Å². The molecule has 0 aliphatic heterocycles. The average Bonchev–Trinajstić information content (AvgIpc) is 2.53. The van der Waals surface area contributed by atoms with Crippen molar-refractivity contribution in [3.63, 3.8) is 0 Å². The van der Waals surface area contributed by atoms with E-state index in [4.69, 9.17) is 4.74 Å². The molecule has 0 atom stereocenters. The maximum absolute atomic E-state index is 12.1. The number of rotatable bonds is 8. The predicted molar refractivity (Wildman–Crippen MR) is 80.7 cm³/mol. The monoisotopic (exact) mass is 322 g/mol. The summed E-state index contributed by atoms with van der Waals surface area (Å²) in [6.45, 7) is 2.43. The summed E-state index contributed by atoms with van der Waals surface area (Å²) in [5.41, 5.74) is -0.684. The van der Waals surface area contributed by atoms with E-state index in [1.54, 1.807) is 0 Å². The second kappa shape index (κ2) is 8.52. The van der Waals surface area contributed by atoms with Crippen LogP contribution in [0.15, 0.2) is 12.1 Å². The molecule has 23 heavy (non-hydrogen) atoms. The number of nitrogens with one attached hydrogen (secondary N) is 2. The van der Waals surface area contributed by atoms with Crippen molar-refractivity contribution < 1.29 is 29.0 Å². The second-order valence-corrected chi connectivity index (χ2v) is 4.60. The van der Waals surface area contributed by atoms with Gasteiger partial charge in [-0.25, -0.2) is 4.79 Å². The van der Waals surface area contributed by atoms with Gasteiger partial charge in [0.25, 0.3) is 18.3 Å². The van der Waals surface area contributed by atoms with Gasteiger partial charge in [-0.15, -0.1) is 0 Å². The van der Waals surface area contributed by atoms with E-state index in [1.165, 1.54) is 7.05 Å². The quantitative estimate of drug-likeness (QED) is 0.481. The third-order valence-corrected chi connectivity index (χ3v) is 3.06. The zero-order chi connectivity index (χ0) is 17.4. The van der Waals surface area contributed by atoms with E-state index in [1.807, 2.05) is 6.92 Å². The lowest BCUT2D eigenvalue weighted by molar-refractivity contribution is -0.120. The van der Waals surface area contributed by atoms with E-state index >= 15 is 0 Å². The fourth-order valence-electron chi connectivity index (χ4n) is 1.88. The molecule has 0 saturated heterocycles. The lowest BCUT2D eigenvalue weighted by atomic mass is 10.0. The van der Waals surface area contributed by atoms with Gasteiger partial charge in [-0.3, -0.25) is 14.4 Å². The molecule has 0 aliphatic carbocycles. The average molecular weight is 322 g/mol. The largest absolute Gasteiger partial charge is 0.478 e. The third kappa shape index (κ3) is 4.53. The van der Waals surface area contributed by atoms with Crippen molar-refractivity contribution in [2.45, 2.75) is 19.8 Å². The van der Waals surface area contributed by atoms with Crippen LogP contribution in [0.1, 0.15) is 50.8 Å². The summed E-state index contributed by atoms with van der Waals surface area (Å²) in [6.07, 6.45) is 1.60. The molecular weight excluding hydrogens is 304 g/mol. The number of benzene rings is 1. The fraction of sp³-hybridized carbons (Fsp3) is 0.333. The van der Waals surface area contributed by atoms with Crippen molar-refractivity contribution in [2.75, 3.05) is 13.6 Å². The van der Waals surface area contributed by atoms with Gasteiger partial charge in [0.15, 0.2) is 0 Å². The van der Waals surface area contributed by atoms with Crippen molar-refractivity contribution in [3.05, 3.63) is 28.8 Å². The molecule has 0 radical (unpaired) electrons. The maximum Gasteiger partial charge on any atom is 0.336 e. The molecule has 0 bridgehead atoms. The first-order chi connectivity index (χ1) is 11.0. The molecule has 1 rings (SSSR count). The van der Waals surface area contributed by atoms with E-state index in [0.717, 1.165) is 25.0 Å². The summed E-state index contributed by atoms with van der Waals surface area (Å²) in [7, 11) is 1.35. The molecule has 2 amide bonds. The summed E-state index contributed by atoms with van der Waals surface area (Å²) < 4.78 is 4.70. The van der Waals surface area contributed by atoms with Crippen LogP contribution >= 0.6 is 0 Å². The Kier molecular flexibility index (Phi) is 6.72. The number of carbonyl (C=O) groups excluding carboxylic acids is 3. The highest BCUT2D eigenvalue weighted by Gasteiger charge is 2.23. The van der Waals surface area contributed by atoms with Crippen LogP contribution in [-0.2, 0) is 4.79 Å². The minimum absolute atomic E-state index is 0.0982. The van der Waals surface area contributed by atoms with E-state index in [0.29, 0.717) is 6.54 Å². The summed E-state index contributed by atoms with van der Waals surface area (Å²) >= 11 is 0. The standard InChI is InChI=1S/C15H18N2O6/c1-3-4-5-17-14(20)9-7-12(23-8-18)11(13(19)16-2)6-10(9)15(21)22/h6-8H,3-5H2,1-2H3,(H,16,19)(H,17,20)(H,21,22). The van der Waals surface area contributed by atoms with E-state index in [-0.39, 0.29) is 28.9 Å². The Morgan fingerprint density at radius 2 is 1.87 bits per heavy atom. The van der Waals surface area contributed by atoms with Gasteiger partial charge in [0.05, 0.1) is 16.7 Å². The van der Waals surface area contributed by atoms with Gasteiger partial charge in [-0.2, -0.15) is 0 Å². The van der Waals surface area contributed by atoms with Crippen LogP contribution in [-0.4, -0.2) is 43.0 Å². The number of hydrogen-bond acceptors (Lipinski definition) is 5. The van der Waals surface area contributed by atoms with Crippen LogP contribution in [0.25, 0.3) is 0 Å². The molecule has 1 aromatic carbocycles. The van der Waals surface area contributed by atoms with Gasteiger partial charge in [-0.05, 0) is 18.6 Å². The maximum atomic E-state index is 12.1. The van der Waals surface area contributed by atoms with Crippen molar-refractivity contribution in [1.29, 1.82) is 0 Å². The number of carbonyl (C=O) groups is 4. The number of amides is 2. The number of carboxylic acids is 1. The van der Waals surface area contributed by atoms with Crippen LogP contribution in [0.4, 0.5) is 0 Å². The molecule has 0 heterocycles. The molecule has 0 aliphatic rings. The first kappa shape index (κ1) is 18.1. The van der Waals surface area contributed by atoms with Crippen molar-refractivity contribution in [1.82, 2.24) is 10.6 Å². The van der Waals surface area contributed by atoms with Gasteiger partial charge in [0.1, 0.15) is 5.75 Å².